The minimum Gasteiger partial charge on any atom is -0.497 e. The van der Waals surface area contributed by atoms with Gasteiger partial charge < -0.3 is 14.4 Å². The number of benzene rings is 2. The van der Waals surface area contributed by atoms with Gasteiger partial charge in [0.05, 0.1) is 13.7 Å². The first kappa shape index (κ1) is 26.8. The van der Waals surface area contributed by atoms with E-state index in [0.717, 1.165) is 43.5 Å². The van der Waals surface area contributed by atoms with Crippen LogP contribution in [0.1, 0.15) is 35.1 Å². The van der Waals surface area contributed by atoms with Crippen LogP contribution in [0.4, 0.5) is 0 Å². The zero-order valence-corrected chi connectivity index (χ0v) is 21.3. The molecule has 0 spiro atoms. The lowest BCUT2D eigenvalue weighted by Crippen LogP contribution is -2.35. The van der Waals surface area contributed by atoms with E-state index in [2.05, 4.69) is 35.8 Å². The number of methoxy groups -OCH3 is 1. The van der Waals surface area contributed by atoms with E-state index < -0.39 is 0 Å². The molecule has 4 rings (SSSR count). The lowest BCUT2D eigenvalue weighted by atomic mass is 9.94. The first-order valence-corrected chi connectivity index (χ1v) is 11.4. The average molecular weight is 482 g/mol. The van der Waals surface area contributed by atoms with Crippen molar-refractivity contribution in [2.24, 2.45) is 5.92 Å². The van der Waals surface area contributed by atoms with Crippen molar-refractivity contribution in [3.63, 3.8) is 0 Å². The van der Waals surface area contributed by atoms with Crippen molar-refractivity contribution in [2.75, 3.05) is 46.4 Å². The Morgan fingerprint density at radius 2 is 1.59 bits per heavy atom. The maximum Gasteiger partial charge on any atom is 0.119 e. The van der Waals surface area contributed by atoms with Crippen LogP contribution in [0.3, 0.4) is 0 Å². The topological polar surface area (TPSA) is 24.9 Å². The standard InChI is InChI=1S/C26H36N2O2.2ClH/c1-20-15-23-10-13-28(19-24(23)16-21(20)2)18-22-9-12-27(17-22)11-4-14-30-26-7-5-25(29-3)6-8-26;;/h5-8,15-16,22H,4,9-14,17-19H2,1-3H3;2*1H. The molecule has 1 fully saturated rings. The van der Waals surface area contributed by atoms with Crippen molar-refractivity contribution in [1.82, 2.24) is 9.80 Å². The van der Waals surface area contributed by atoms with Gasteiger partial charge in [-0.2, -0.15) is 0 Å². The Labute approximate surface area is 206 Å². The largest absolute Gasteiger partial charge is 0.497 e. The number of likely N-dealkylation sites (tertiary alicyclic amines) is 1. The van der Waals surface area contributed by atoms with E-state index in [1.54, 1.807) is 18.2 Å². The summed E-state index contributed by atoms with van der Waals surface area (Å²) in [4.78, 5) is 5.30. The predicted molar refractivity (Wildman–Crippen MR) is 137 cm³/mol. The third-order valence-corrected chi connectivity index (χ3v) is 6.74. The van der Waals surface area contributed by atoms with Gasteiger partial charge in [0.1, 0.15) is 11.5 Å². The predicted octanol–water partition coefficient (Wildman–Crippen LogP) is 5.30. The Morgan fingerprint density at radius 1 is 0.906 bits per heavy atom. The van der Waals surface area contributed by atoms with Crippen LogP contribution < -0.4 is 9.47 Å². The third kappa shape index (κ3) is 7.02. The summed E-state index contributed by atoms with van der Waals surface area (Å²) in [6, 6.07) is 12.7. The number of nitrogens with zero attached hydrogens (tertiary/aromatic N) is 2. The number of halogens is 2. The van der Waals surface area contributed by atoms with E-state index in [-0.39, 0.29) is 24.8 Å². The minimum atomic E-state index is 0. The van der Waals surface area contributed by atoms with E-state index in [0.29, 0.717) is 0 Å². The quantitative estimate of drug-likeness (QED) is 0.478. The van der Waals surface area contributed by atoms with Gasteiger partial charge in [-0.1, -0.05) is 12.1 Å². The van der Waals surface area contributed by atoms with E-state index in [9.17, 15) is 0 Å². The van der Waals surface area contributed by atoms with Crippen molar-refractivity contribution in [1.29, 1.82) is 0 Å². The molecular formula is C26H38Cl2N2O2. The summed E-state index contributed by atoms with van der Waals surface area (Å²) < 4.78 is 11.1. The van der Waals surface area contributed by atoms with Crippen molar-refractivity contribution >= 4 is 24.8 Å². The van der Waals surface area contributed by atoms with Crippen LogP contribution >= 0.6 is 24.8 Å². The molecule has 0 aromatic heterocycles. The molecule has 32 heavy (non-hydrogen) atoms. The molecule has 0 N–H and O–H groups in total. The lowest BCUT2D eigenvalue weighted by molar-refractivity contribution is 0.206. The smallest absolute Gasteiger partial charge is 0.119 e. The zero-order chi connectivity index (χ0) is 20.9. The van der Waals surface area contributed by atoms with Crippen molar-refractivity contribution in [3.05, 3.63) is 58.7 Å². The van der Waals surface area contributed by atoms with Crippen LogP contribution in [-0.2, 0) is 13.0 Å². The van der Waals surface area contributed by atoms with Crippen LogP contribution in [0.5, 0.6) is 11.5 Å². The van der Waals surface area contributed by atoms with Crippen molar-refractivity contribution in [3.8, 4) is 11.5 Å². The van der Waals surface area contributed by atoms with Gasteiger partial charge in [0.15, 0.2) is 0 Å². The maximum atomic E-state index is 5.87. The fraction of sp³-hybridized carbons (Fsp3) is 0.538. The Kier molecular flexibility index (Phi) is 10.6. The van der Waals surface area contributed by atoms with E-state index >= 15 is 0 Å². The SMILES string of the molecule is COc1ccc(OCCCN2CCC(CN3CCc4cc(C)c(C)cc4C3)C2)cc1.Cl.Cl. The van der Waals surface area contributed by atoms with Gasteiger partial charge in [0, 0.05) is 32.7 Å². The van der Waals surface area contributed by atoms with Crippen LogP contribution in [0.2, 0.25) is 0 Å². The summed E-state index contributed by atoms with van der Waals surface area (Å²) in [7, 11) is 1.69. The molecule has 0 amide bonds. The highest BCUT2D eigenvalue weighted by Gasteiger charge is 2.26. The van der Waals surface area contributed by atoms with E-state index in [1.807, 2.05) is 24.3 Å². The highest BCUT2D eigenvalue weighted by atomic mass is 35.5. The molecule has 178 valence electrons. The first-order valence-electron chi connectivity index (χ1n) is 11.4. The molecule has 6 heteroatoms. The summed E-state index contributed by atoms with van der Waals surface area (Å²) in [6.45, 7) is 12.4. The van der Waals surface area contributed by atoms with Gasteiger partial charge in [0.2, 0.25) is 0 Å². The van der Waals surface area contributed by atoms with E-state index in [1.165, 1.54) is 50.1 Å². The molecule has 2 aliphatic rings. The highest BCUT2D eigenvalue weighted by molar-refractivity contribution is 5.85. The summed E-state index contributed by atoms with van der Waals surface area (Å²) >= 11 is 0. The third-order valence-electron chi connectivity index (χ3n) is 6.74. The number of fused-ring (bicyclic) bond motifs is 1. The summed E-state index contributed by atoms with van der Waals surface area (Å²) in [5.41, 5.74) is 5.98. The molecule has 2 aromatic rings. The molecule has 2 aromatic carbocycles. The lowest BCUT2D eigenvalue weighted by Gasteiger charge is -2.31. The fourth-order valence-electron chi connectivity index (χ4n) is 4.85. The Balaban J connectivity index is 0.00000181. The molecule has 2 heterocycles. The van der Waals surface area contributed by atoms with Gasteiger partial charge in [-0.3, -0.25) is 4.90 Å². The van der Waals surface area contributed by atoms with Gasteiger partial charge in [-0.15, -0.1) is 24.8 Å². The van der Waals surface area contributed by atoms with E-state index in [4.69, 9.17) is 9.47 Å². The molecule has 1 unspecified atom stereocenters. The Bertz CT molecular complexity index is 844. The average Bonchev–Trinajstić information content (AvgIpc) is 3.20. The number of hydrogen-bond acceptors (Lipinski definition) is 4. The fourth-order valence-corrected chi connectivity index (χ4v) is 4.85. The maximum absolute atomic E-state index is 5.87. The number of rotatable bonds is 8. The minimum absolute atomic E-state index is 0. The Hall–Kier alpha value is -1.46. The van der Waals surface area contributed by atoms with Gasteiger partial charge in [0.25, 0.3) is 0 Å². The van der Waals surface area contributed by atoms with Crippen LogP contribution in [-0.4, -0.2) is 56.2 Å². The van der Waals surface area contributed by atoms with Crippen molar-refractivity contribution < 1.29 is 9.47 Å². The monoisotopic (exact) mass is 480 g/mol. The first-order chi connectivity index (χ1) is 14.6. The molecule has 4 nitrogen and oxygen atoms in total. The van der Waals surface area contributed by atoms with Crippen molar-refractivity contribution in [2.45, 2.75) is 39.7 Å². The normalized spacial score (nSPS) is 18.4. The van der Waals surface area contributed by atoms with Gasteiger partial charge in [-0.25, -0.2) is 0 Å². The zero-order valence-electron chi connectivity index (χ0n) is 19.6. The molecule has 0 bridgehead atoms. The summed E-state index contributed by atoms with van der Waals surface area (Å²) in [6.07, 6.45) is 3.61. The summed E-state index contributed by atoms with van der Waals surface area (Å²) in [5.74, 6) is 2.60. The molecule has 2 aliphatic heterocycles. The molecule has 1 atom stereocenters. The van der Waals surface area contributed by atoms with Crippen LogP contribution in [0.25, 0.3) is 0 Å². The second kappa shape index (κ2) is 12.7. The molecule has 0 radical (unpaired) electrons. The molecule has 1 saturated heterocycles. The van der Waals surface area contributed by atoms with Crippen LogP contribution in [0, 0.1) is 19.8 Å². The van der Waals surface area contributed by atoms with Gasteiger partial charge >= 0.3 is 0 Å². The molecular weight excluding hydrogens is 443 g/mol. The summed E-state index contributed by atoms with van der Waals surface area (Å²) in [5, 5.41) is 0. The Morgan fingerprint density at radius 3 is 2.31 bits per heavy atom. The highest BCUT2D eigenvalue weighted by Crippen LogP contribution is 2.25. The number of ether oxygens (including phenoxy) is 2. The van der Waals surface area contributed by atoms with Gasteiger partial charge in [-0.05, 0) is 92.1 Å². The molecule has 0 aliphatic carbocycles. The number of aryl methyl sites for hydroxylation is 2. The second-order valence-electron chi connectivity index (χ2n) is 9.02. The second-order valence-corrected chi connectivity index (χ2v) is 9.02. The molecule has 0 saturated carbocycles. The number of hydrogen-bond donors (Lipinski definition) is 0. The van der Waals surface area contributed by atoms with Crippen LogP contribution in [0.15, 0.2) is 36.4 Å².